The van der Waals surface area contributed by atoms with Gasteiger partial charge in [-0.2, -0.15) is 0 Å². The van der Waals surface area contributed by atoms with Crippen molar-refractivity contribution in [3.05, 3.63) is 59.7 Å². The Hall–Kier alpha value is -3.35. The Balaban J connectivity index is 1.43. The average molecular weight is 467 g/mol. The topological polar surface area (TPSA) is 105 Å². The van der Waals surface area contributed by atoms with Crippen LogP contribution in [0, 0.1) is 5.92 Å². The first-order valence-electron chi connectivity index (χ1n) is 12.0. The van der Waals surface area contributed by atoms with E-state index in [-0.39, 0.29) is 43.2 Å². The molecule has 2 aromatic carbocycles. The van der Waals surface area contributed by atoms with Crippen LogP contribution in [0.15, 0.2) is 48.5 Å². The number of rotatable bonds is 12. The van der Waals surface area contributed by atoms with Gasteiger partial charge in [-0.3, -0.25) is 9.59 Å². The van der Waals surface area contributed by atoms with Crippen LogP contribution >= 0.6 is 0 Å². The monoisotopic (exact) mass is 466 g/mol. The number of hydrogen-bond donors (Lipinski definition) is 3. The first kappa shape index (κ1) is 25.3. The summed E-state index contributed by atoms with van der Waals surface area (Å²) in [6.07, 6.45) is 1.63. The van der Waals surface area contributed by atoms with Gasteiger partial charge in [0.05, 0.1) is 0 Å². The lowest BCUT2D eigenvalue weighted by molar-refractivity contribution is -0.137. The van der Waals surface area contributed by atoms with Crippen LogP contribution in [0.2, 0.25) is 0 Å². The van der Waals surface area contributed by atoms with Crippen molar-refractivity contribution < 1.29 is 24.2 Å². The Bertz CT molecular complexity index is 961. The summed E-state index contributed by atoms with van der Waals surface area (Å²) < 4.78 is 5.61. The van der Waals surface area contributed by atoms with E-state index in [1.165, 1.54) is 11.1 Å². The van der Waals surface area contributed by atoms with Gasteiger partial charge >= 0.3 is 12.1 Å². The number of carbonyl (C=O) groups is 3. The molecule has 34 heavy (non-hydrogen) atoms. The molecule has 1 aliphatic carbocycles. The molecule has 0 aliphatic heterocycles. The van der Waals surface area contributed by atoms with Gasteiger partial charge in [0.25, 0.3) is 0 Å². The highest BCUT2D eigenvalue weighted by molar-refractivity contribution is 5.79. The smallest absolute Gasteiger partial charge is 0.407 e. The van der Waals surface area contributed by atoms with Crippen molar-refractivity contribution in [1.29, 1.82) is 0 Å². The summed E-state index contributed by atoms with van der Waals surface area (Å²) in [4.78, 5) is 35.3. The molecule has 0 bridgehead atoms. The fraction of sp³-hybridized carbons (Fsp3) is 0.444. The van der Waals surface area contributed by atoms with Gasteiger partial charge in [0.15, 0.2) is 0 Å². The van der Waals surface area contributed by atoms with Gasteiger partial charge in [0.1, 0.15) is 6.61 Å². The summed E-state index contributed by atoms with van der Waals surface area (Å²) in [5.74, 6) is -0.827. The second-order valence-corrected chi connectivity index (χ2v) is 8.96. The highest BCUT2D eigenvalue weighted by Gasteiger charge is 2.29. The molecule has 0 spiro atoms. The zero-order valence-corrected chi connectivity index (χ0v) is 19.9. The molecular formula is C27H34N2O5. The number of ether oxygens (including phenoxy) is 1. The molecule has 1 aliphatic rings. The minimum atomic E-state index is -0.830. The molecule has 2 amide bonds. The average Bonchev–Trinajstić information content (AvgIpc) is 3.16. The lowest BCUT2D eigenvalue weighted by Gasteiger charge is -2.19. The van der Waals surface area contributed by atoms with E-state index < -0.39 is 12.1 Å². The number of hydrogen-bond acceptors (Lipinski definition) is 4. The second kappa shape index (κ2) is 12.2. The van der Waals surface area contributed by atoms with Crippen LogP contribution in [-0.4, -0.2) is 42.3 Å². The number of aliphatic carboxylic acids is 1. The third kappa shape index (κ3) is 6.83. The molecule has 0 saturated carbocycles. The van der Waals surface area contributed by atoms with Gasteiger partial charge < -0.3 is 20.5 Å². The summed E-state index contributed by atoms with van der Waals surface area (Å²) in [6.45, 7) is 4.57. The van der Waals surface area contributed by atoms with Crippen LogP contribution in [0.1, 0.15) is 63.0 Å². The van der Waals surface area contributed by atoms with Crippen LogP contribution in [0.25, 0.3) is 11.1 Å². The minimum absolute atomic E-state index is 0.00659. The van der Waals surface area contributed by atoms with Gasteiger partial charge in [-0.25, -0.2) is 4.79 Å². The third-order valence-corrected chi connectivity index (χ3v) is 6.38. The van der Waals surface area contributed by atoms with Crippen LogP contribution < -0.4 is 10.6 Å². The summed E-state index contributed by atoms with van der Waals surface area (Å²) in [6, 6.07) is 16.2. The number of fused-ring (bicyclic) bond motifs is 3. The Kier molecular flexibility index (Phi) is 9.08. The predicted octanol–water partition coefficient (Wildman–Crippen LogP) is 4.70. The standard InChI is InChI=1S/C27H34N2O5/c1-3-19(13-14-25(30)28-16-18(2)12-15-26(31)32)29-27(33)34-17-24-22-10-6-4-8-20(22)21-9-5-7-11-23(21)24/h4-11,18-19,24H,3,12-17H2,1-2H3,(H,28,30)(H,29,33)(H,31,32). The summed E-state index contributed by atoms with van der Waals surface area (Å²) in [5.41, 5.74) is 4.69. The molecule has 3 N–H and O–H groups in total. The first-order valence-corrected chi connectivity index (χ1v) is 12.0. The van der Waals surface area contributed by atoms with Crippen molar-refractivity contribution in [3.8, 4) is 11.1 Å². The minimum Gasteiger partial charge on any atom is -0.481 e. The Morgan fingerprint density at radius 3 is 2.18 bits per heavy atom. The Labute approximate surface area is 200 Å². The molecule has 0 aromatic heterocycles. The number of carboxylic acids is 1. The maximum absolute atomic E-state index is 12.5. The van der Waals surface area contributed by atoms with E-state index in [2.05, 4.69) is 34.9 Å². The largest absolute Gasteiger partial charge is 0.481 e. The van der Waals surface area contributed by atoms with Crippen molar-refractivity contribution >= 4 is 18.0 Å². The van der Waals surface area contributed by atoms with Crippen molar-refractivity contribution in [2.75, 3.05) is 13.2 Å². The van der Waals surface area contributed by atoms with Crippen LogP contribution in [0.4, 0.5) is 4.79 Å². The van der Waals surface area contributed by atoms with E-state index in [1.807, 2.05) is 38.1 Å². The van der Waals surface area contributed by atoms with E-state index in [9.17, 15) is 14.4 Å². The quantitative estimate of drug-likeness (QED) is 0.421. The molecule has 0 fully saturated rings. The molecule has 0 radical (unpaired) electrons. The lowest BCUT2D eigenvalue weighted by Crippen LogP contribution is -2.37. The SMILES string of the molecule is CCC(CCC(=O)NCC(C)CCC(=O)O)NC(=O)OCC1c2ccccc2-c2ccccc21. The zero-order valence-electron chi connectivity index (χ0n) is 19.9. The van der Waals surface area contributed by atoms with E-state index >= 15 is 0 Å². The molecule has 3 rings (SSSR count). The number of amides is 2. The molecule has 2 aromatic rings. The van der Waals surface area contributed by atoms with Gasteiger partial charge in [-0.15, -0.1) is 0 Å². The first-order chi connectivity index (χ1) is 16.4. The third-order valence-electron chi connectivity index (χ3n) is 6.38. The molecule has 2 atom stereocenters. The summed E-state index contributed by atoms with van der Waals surface area (Å²) in [5, 5.41) is 14.5. The highest BCUT2D eigenvalue weighted by Crippen LogP contribution is 2.44. The van der Waals surface area contributed by atoms with Crippen molar-refractivity contribution in [3.63, 3.8) is 0 Å². The maximum atomic E-state index is 12.5. The van der Waals surface area contributed by atoms with Crippen LogP contribution in [0.5, 0.6) is 0 Å². The van der Waals surface area contributed by atoms with Gasteiger partial charge in [-0.1, -0.05) is 62.4 Å². The normalized spacial score (nSPS) is 13.9. The van der Waals surface area contributed by atoms with Gasteiger partial charge in [-0.05, 0) is 47.4 Å². The van der Waals surface area contributed by atoms with Crippen molar-refractivity contribution in [2.24, 2.45) is 5.92 Å². The van der Waals surface area contributed by atoms with Crippen molar-refractivity contribution in [2.45, 2.75) is 57.9 Å². The number of carboxylic acid groups (broad SMARTS) is 1. The number of alkyl carbamates (subject to hydrolysis) is 1. The molecule has 182 valence electrons. The van der Waals surface area contributed by atoms with Crippen LogP contribution in [-0.2, 0) is 14.3 Å². The zero-order chi connectivity index (χ0) is 24.5. The molecule has 2 unspecified atom stereocenters. The maximum Gasteiger partial charge on any atom is 0.407 e. The molecule has 0 heterocycles. The number of benzene rings is 2. The molecule has 7 heteroatoms. The number of carbonyl (C=O) groups excluding carboxylic acids is 2. The van der Waals surface area contributed by atoms with E-state index in [1.54, 1.807) is 0 Å². The Morgan fingerprint density at radius 1 is 0.971 bits per heavy atom. The van der Waals surface area contributed by atoms with Gasteiger partial charge in [0.2, 0.25) is 5.91 Å². The van der Waals surface area contributed by atoms with E-state index in [0.717, 1.165) is 11.1 Å². The summed E-state index contributed by atoms with van der Waals surface area (Å²) in [7, 11) is 0. The predicted molar refractivity (Wildman–Crippen MR) is 131 cm³/mol. The van der Waals surface area contributed by atoms with E-state index in [0.29, 0.717) is 25.8 Å². The highest BCUT2D eigenvalue weighted by atomic mass is 16.5. The number of nitrogens with one attached hydrogen (secondary N) is 2. The molecule has 0 saturated heterocycles. The second-order valence-electron chi connectivity index (χ2n) is 8.96. The fourth-order valence-electron chi connectivity index (χ4n) is 4.34. The Morgan fingerprint density at radius 2 is 1.59 bits per heavy atom. The van der Waals surface area contributed by atoms with Crippen LogP contribution in [0.3, 0.4) is 0 Å². The van der Waals surface area contributed by atoms with E-state index in [4.69, 9.17) is 9.84 Å². The lowest BCUT2D eigenvalue weighted by atomic mass is 9.98. The fourth-order valence-corrected chi connectivity index (χ4v) is 4.34. The van der Waals surface area contributed by atoms with Gasteiger partial charge in [0, 0.05) is 31.3 Å². The summed E-state index contributed by atoms with van der Waals surface area (Å²) >= 11 is 0. The van der Waals surface area contributed by atoms with Crippen molar-refractivity contribution in [1.82, 2.24) is 10.6 Å². The molecular weight excluding hydrogens is 432 g/mol. The molecule has 7 nitrogen and oxygen atoms in total.